The van der Waals surface area contributed by atoms with E-state index in [2.05, 4.69) is 0 Å². The van der Waals surface area contributed by atoms with E-state index < -0.39 is 8.53 Å². The maximum absolute atomic E-state index is 8.42. The molecule has 0 aliphatic carbocycles. The minimum Gasteiger partial charge on any atom is -0.382 e. The molecule has 10 heteroatoms. The monoisotopic (exact) mass is 380 g/mol. The second-order valence-electron chi connectivity index (χ2n) is 5.56. The zero-order valence-electron chi connectivity index (χ0n) is 15.5. The van der Waals surface area contributed by atoms with Crippen LogP contribution in [0.1, 0.15) is 13.3 Å². The summed E-state index contributed by atoms with van der Waals surface area (Å²) in [7, 11) is 5.78. The summed E-state index contributed by atoms with van der Waals surface area (Å²) in [6.07, 6.45) is -0.760. The van der Waals surface area contributed by atoms with E-state index in [1.807, 2.05) is 31.8 Å². The van der Waals surface area contributed by atoms with Gasteiger partial charge in [-0.25, -0.2) is 4.67 Å². The topological polar surface area (TPSA) is 91.6 Å². The molecule has 1 rings (SSSR count). The van der Waals surface area contributed by atoms with Gasteiger partial charge in [-0.1, -0.05) is 0 Å². The van der Waals surface area contributed by atoms with Crippen molar-refractivity contribution in [3.05, 3.63) is 0 Å². The van der Waals surface area contributed by atoms with E-state index in [-0.39, 0.29) is 38.0 Å². The lowest BCUT2D eigenvalue weighted by Crippen LogP contribution is -2.38. The molecule has 25 heavy (non-hydrogen) atoms. The summed E-state index contributed by atoms with van der Waals surface area (Å²) in [6, 6.07) is 1.99. The van der Waals surface area contributed by atoms with Crippen molar-refractivity contribution < 1.29 is 32.7 Å². The Balaban J connectivity index is 2.52. The SMILES string of the molecule is COC[C@H]1O[C@@H](C)[C@@H](OCOCOCCC#N)C1OP(OC)N(C)C. The summed E-state index contributed by atoms with van der Waals surface area (Å²) in [5, 5.41) is 8.42. The number of nitriles is 1. The van der Waals surface area contributed by atoms with Crippen LogP contribution in [0, 0.1) is 11.3 Å². The zero-order chi connectivity index (χ0) is 18.7. The molecule has 0 aromatic carbocycles. The maximum Gasteiger partial charge on any atom is 0.258 e. The molecule has 1 heterocycles. The molecule has 0 aromatic rings. The molecule has 1 aliphatic rings. The first-order chi connectivity index (χ1) is 12.0. The summed E-state index contributed by atoms with van der Waals surface area (Å²) >= 11 is 0. The van der Waals surface area contributed by atoms with E-state index in [1.165, 1.54) is 0 Å². The van der Waals surface area contributed by atoms with Gasteiger partial charge >= 0.3 is 0 Å². The smallest absolute Gasteiger partial charge is 0.258 e. The van der Waals surface area contributed by atoms with Crippen LogP contribution in [0.15, 0.2) is 0 Å². The number of rotatable bonds is 13. The highest BCUT2D eigenvalue weighted by Crippen LogP contribution is 2.44. The molecule has 2 unspecified atom stereocenters. The van der Waals surface area contributed by atoms with Crippen LogP contribution in [-0.4, -0.2) is 84.2 Å². The van der Waals surface area contributed by atoms with E-state index in [0.717, 1.165) is 0 Å². The lowest BCUT2D eigenvalue weighted by atomic mass is 10.1. The summed E-state index contributed by atoms with van der Waals surface area (Å²) < 4.78 is 40.7. The normalized spacial score (nSPS) is 27.6. The van der Waals surface area contributed by atoms with Gasteiger partial charge in [0.15, 0.2) is 0 Å². The fourth-order valence-corrected chi connectivity index (χ4v) is 3.43. The van der Waals surface area contributed by atoms with Crippen LogP contribution in [0.25, 0.3) is 0 Å². The summed E-state index contributed by atoms with van der Waals surface area (Å²) in [4.78, 5) is 0. The Morgan fingerprint density at radius 3 is 2.52 bits per heavy atom. The van der Waals surface area contributed by atoms with Crippen molar-refractivity contribution in [2.75, 3.05) is 55.1 Å². The van der Waals surface area contributed by atoms with Crippen LogP contribution >= 0.6 is 8.53 Å². The largest absolute Gasteiger partial charge is 0.382 e. The first kappa shape index (κ1) is 22.6. The Kier molecular flexibility index (Phi) is 11.7. The van der Waals surface area contributed by atoms with Gasteiger partial charge in [0.2, 0.25) is 0 Å². The first-order valence-corrected chi connectivity index (χ1v) is 9.14. The van der Waals surface area contributed by atoms with E-state index in [0.29, 0.717) is 19.6 Å². The molecule has 0 radical (unpaired) electrons. The third-order valence-electron chi connectivity index (χ3n) is 3.44. The van der Waals surface area contributed by atoms with Crippen molar-refractivity contribution in [2.45, 2.75) is 37.8 Å². The van der Waals surface area contributed by atoms with Gasteiger partial charge in [-0.15, -0.1) is 0 Å². The molecule has 0 saturated carbocycles. The quantitative estimate of drug-likeness (QED) is 0.268. The lowest BCUT2D eigenvalue weighted by Gasteiger charge is -2.29. The molecule has 9 nitrogen and oxygen atoms in total. The van der Waals surface area contributed by atoms with Crippen molar-refractivity contribution in [3.8, 4) is 6.07 Å². The van der Waals surface area contributed by atoms with E-state index in [4.69, 9.17) is 38.0 Å². The van der Waals surface area contributed by atoms with Crippen molar-refractivity contribution >= 4 is 8.53 Å². The van der Waals surface area contributed by atoms with Gasteiger partial charge in [0.05, 0.1) is 31.8 Å². The Morgan fingerprint density at radius 1 is 1.16 bits per heavy atom. The van der Waals surface area contributed by atoms with Crippen molar-refractivity contribution in [1.82, 2.24) is 4.67 Å². The Bertz CT molecular complexity index is 397. The van der Waals surface area contributed by atoms with Crippen LogP contribution in [0.3, 0.4) is 0 Å². The average molecular weight is 380 g/mol. The highest BCUT2D eigenvalue weighted by atomic mass is 31.2. The summed E-state index contributed by atoms with van der Waals surface area (Å²) in [5.41, 5.74) is 0. The molecule has 0 amide bonds. The van der Waals surface area contributed by atoms with Crippen LogP contribution in [0.2, 0.25) is 0 Å². The van der Waals surface area contributed by atoms with Crippen molar-refractivity contribution in [1.29, 1.82) is 5.26 Å². The molecule has 0 N–H and O–H groups in total. The summed E-state index contributed by atoms with van der Waals surface area (Å²) in [6.45, 7) is 2.76. The lowest BCUT2D eigenvalue weighted by molar-refractivity contribution is -0.164. The Labute approximate surface area is 151 Å². The van der Waals surface area contributed by atoms with E-state index in [1.54, 1.807) is 14.2 Å². The number of methoxy groups -OCH3 is 1. The van der Waals surface area contributed by atoms with Gasteiger partial charge in [-0.2, -0.15) is 5.26 Å². The highest BCUT2D eigenvalue weighted by Gasteiger charge is 2.46. The molecule has 146 valence electrons. The number of ether oxygens (including phenoxy) is 5. The predicted octanol–water partition coefficient (Wildman–Crippen LogP) is 1.49. The van der Waals surface area contributed by atoms with Crippen LogP contribution in [-0.2, 0) is 32.7 Å². The molecule has 1 fully saturated rings. The average Bonchev–Trinajstić information content (AvgIpc) is 2.86. The third kappa shape index (κ3) is 7.79. The second kappa shape index (κ2) is 12.9. The van der Waals surface area contributed by atoms with Gasteiger partial charge in [0, 0.05) is 14.2 Å². The second-order valence-corrected chi connectivity index (χ2v) is 7.41. The van der Waals surface area contributed by atoms with Gasteiger partial charge in [-0.05, 0) is 21.0 Å². The zero-order valence-corrected chi connectivity index (χ0v) is 16.4. The van der Waals surface area contributed by atoms with Crippen LogP contribution in [0.4, 0.5) is 0 Å². The van der Waals surface area contributed by atoms with Crippen LogP contribution < -0.4 is 0 Å². The molecule has 5 atom stereocenters. The van der Waals surface area contributed by atoms with Gasteiger partial charge in [0.1, 0.15) is 31.9 Å². The van der Waals surface area contributed by atoms with Crippen molar-refractivity contribution in [3.63, 3.8) is 0 Å². The minimum absolute atomic E-state index is 0.0390. The number of hydrogen-bond acceptors (Lipinski definition) is 9. The highest BCUT2D eigenvalue weighted by molar-refractivity contribution is 7.44. The maximum atomic E-state index is 8.42. The first-order valence-electron chi connectivity index (χ1n) is 8.01. The fraction of sp³-hybridized carbons (Fsp3) is 0.933. The standard InChI is InChI=1S/C15H29N2O7P/c1-12-14(22-11-21-10-20-8-6-7-16)15(13(23-12)9-18-4)24-25(19-5)17(2)3/h12-15H,6,8-11H2,1-5H3/t12-,13+,14+,15?,25?/m0/s1. The molecular formula is C15H29N2O7P. The number of nitrogens with zero attached hydrogens (tertiary/aromatic N) is 2. The fourth-order valence-electron chi connectivity index (χ4n) is 2.37. The molecule has 1 saturated heterocycles. The van der Waals surface area contributed by atoms with Crippen LogP contribution in [0.5, 0.6) is 0 Å². The third-order valence-corrected chi connectivity index (χ3v) is 4.83. The molecular weight excluding hydrogens is 351 g/mol. The Morgan fingerprint density at radius 2 is 1.92 bits per heavy atom. The van der Waals surface area contributed by atoms with Crippen molar-refractivity contribution in [2.24, 2.45) is 0 Å². The molecule has 0 bridgehead atoms. The Hall–Kier alpha value is -0.400. The van der Waals surface area contributed by atoms with E-state index >= 15 is 0 Å². The van der Waals surface area contributed by atoms with Gasteiger partial charge in [0.25, 0.3) is 8.53 Å². The van der Waals surface area contributed by atoms with Gasteiger partial charge in [-0.3, -0.25) is 0 Å². The molecule has 0 aromatic heterocycles. The van der Waals surface area contributed by atoms with Gasteiger partial charge < -0.3 is 32.7 Å². The molecule has 0 spiro atoms. The summed E-state index contributed by atoms with van der Waals surface area (Å²) in [5.74, 6) is 0. The number of hydrogen-bond donors (Lipinski definition) is 0. The predicted molar refractivity (Wildman–Crippen MR) is 90.6 cm³/mol. The minimum atomic E-state index is -1.22. The van der Waals surface area contributed by atoms with E-state index in [9.17, 15) is 0 Å². The molecule has 1 aliphatic heterocycles.